The molecule has 6 aromatic rings. The van der Waals surface area contributed by atoms with E-state index in [9.17, 15) is 0 Å². The van der Waals surface area contributed by atoms with E-state index in [1.165, 1.54) is 0 Å². The minimum Gasteiger partial charge on any atom is -0.457 e. The van der Waals surface area contributed by atoms with Crippen molar-refractivity contribution < 1.29 is 9.47 Å². The van der Waals surface area contributed by atoms with Crippen LogP contribution in [0, 0.1) is 0 Å². The van der Waals surface area contributed by atoms with Crippen LogP contribution in [0.5, 0.6) is 23.0 Å². The number of anilines is 2. The monoisotopic (exact) mass is 483 g/mol. The third-order valence-corrected chi connectivity index (χ3v) is 6.18. The fourth-order valence-corrected chi connectivity index (χ4v) is 4.45. The molecule has 0 spiro atoms. The highest BCUT2D eigenvalue weighted by Crippen LogP contribution is 2.40. The van der Waals surface area contributed by atoms with Crippen molar-refractivity contribution in [1.29, 1.82) is 0 Å². The zero-order chi connectivity index (χ0) is 25.2. The molecule has 0 amide bonds. The van der Waals surface area contributed by atoms with Gasteiger partial charge in [0.15, 0.2) is 0 Å². The molecular weight excluding hydrogens is 458 g/mol. The quantitative estimate of drug-likeness (QED) is 0.208. The van der Waals surface area contributed by atoms with E-state index in [0.29, 0.717) is 17.1 Å². The number of benzene rings is 5. The van der Waals surface area contributed by atoms with Crippen LogP contribution in [0.1, 0.15) is 0 Å². The lowest BCUT2D eigenvalue weighted by Crippen LogP contribution is -1.89. The summed E-state index contributed by atoms with van der Waals surface area (Å²) in [6.07, 6.45) is 0. The number of aromatic amines is 1. The molecule has 1 heterocycles. The summed E-state index contributed by atoms with van der Waals surface area (Å²) in [7, 11) is 0. The molecule has 0 atom stereocenters. The molecule has 0 aliphatic rings. The SMILES string of the molecule is Nc1ccc(Oc2cccc(-c3[nH]c4ccccc4c3-c3ccc(Oc4cccc(N)c4)cc3)c2)cc1. The number of hydrogen-bond donors (Lipinski definition) is 3. The fraction of sp³-hybridized carbons (Fsp3) is 0. The molecule has 5 nitrogen and oxygen atoms in total. The van der Waals surface area contributed by atoms with E-state index >= 15 is 0 Å². The predicted octanol–water partition coefficient (Wildman–Crippen LogP) is 8.25. The molecule has 5 N–H and O–H groups in total. The number of nitrogens with two attached hydrogens (primary N) is 2. The Morgan fingerprint density at radius 2 is 1.14 bits per heavy atom. The maximum Gasteiger partial charge on any atom is 0.129 e. The highest BCUT2D eigenvalue weighted by atomic mass is 16.5. The lowest BCUT2D eigenvalue weighted by molar-refractivity contribution is 0.483. The number of nitrogens with one attached hydrogen (secondary N) is 1. The molecule has 0 unspecified atom stereocenters. The van der Waals surface area contributed by atoms with Gasteiger partial charge in [-0.15, -0.1) is 0 Å². The largest absolute Gasteiger partial charge is 0.457 e. The normalized spacial score (nSPS) is 10.9. The summed E-state index contributed by atoms with van der Waals surface area (Å²) in [6, 6.07) is 39.3. The summed E-state index contributed by atoms with van der Waals surface area (Å²) in [5.74, 6) is 2.94. The topological polar surface area (TPSA) is 86.3 Å². The van der Waals surface area contributed by atoms with Crippen molar-refractivity contribution in [3.63, 3.8) is 0 Å². The van der Waals surface area contributed by atoms with Crippen molar-refractivity contribution in [2.45, 2.75) is 0 Å². The summed E-state index contributed by atoms with van der Waals surface area (Å²) in [4.78, 5) is 3.62. The summed E-state index contributed by atoms with van der Waals surface area (Å²) in [5.41, 5.74) is 18.4. The van der Waals surface area contributed by atoms with Crippen molar-refractivity contribution in [1.82, 2.24) is 4.98 Å². The predicted molar refractivity (Wildman–Crippen MR) is 151 cm³/mol. The lowest BCUT2D eigenvalue weighted by Gasteiger charge is -2.11. The van der Waals surface area contributed by atoms with Crippen LogP contribution in [0.2, 0.25) is 0 Å². The minimum absolute atomic E-state index is 0.667. The maximum atomic E-state index is 6.10. The zero-order valence-corrected chi connectivity index (χ0v) is 20.0. The Hall–Kier alpha value is -5.16. The highest BCUT2D eigenvalue weighted by Gasteiger charge is 2.16. The van der Waals surface area contributed by atoms with Crippen LogP contribution in [0.15, 0.2) is 121 Å². The Kier molecular flexibility index (Phi) is 5.71. The smallest absolute Gasteiger partial charge is 0.129 e. The van der Waals surface area contributed by atoms with Gasteiger partial charge in [0.05, 0.1) is 5.69 Å². The summed E-state index contributed by atoms with van der Waals surface area (Å²) >= 11 is 0. The minimum atomic E-state index is 0.667. The second kappa shape index (κ2) is 9.47. The van der Waals surface area contributed by atoms with Crippen LogP contribution in [0.25, 0.3) is 33.3 Å². The molecule has 0 aliphatic heterocycles. The number of hydrogen-bond acceptors (Lipinski definition) is 4. The van der Waals surface area contributed by atoms with E-state index in [4.69, 9.17) is 20.9 Å². The van der Waals surface area contributed by atoms with Crippen molar-refractivity contribution in [3.8, 4) is 45.4 Å². The molecule has 0 aliphatic carbocycles. The fourth-order valence-electron chi connectivity index (χ4n) is 4.45. The van der Waals surface area contributed by atoms with Gasteiger partial charge in [-0.1, -0.05) is 48.5 Å². The third kappa shape index (κ3) is 4.70. The Morgan fingerprint density at radius 3 is 1.86 bits per heavy atom. The molecule has 5 aromatic carbocycles. The van der Waals surface area contributed by atoms with Gasteiger partial charge < -0.3 is 25.9 Å². The lowest BCUT2D eigenvalue weighted by atomic mass is 9.98. The zero-order valence-electron chi connectivity index (χ0n) is 20.0. The molecule has 0 fully saturated rings. The van der Waals surface area contributed by atoms with Crippen LogP contribution in [-0.2, 0) is 0 Å². The average Bonchev–Trinajstić information content (AvgIpc) is 3.31. The van der Waals surface area contributed by atoms with E-state index in [2.05, 4.69) is 41.4 Å². The van der Waals surface area contributed by atoms with E-state index in [1.54, 1.807) is 0 Å². The van der Waals surface area contributed by atoms with Gasteiger partial charge in [0.25, 0.3) is 0 Å². The second-order valence-corrected chi connectivity index (χ2v) is 8.82. The second-order valence-electron chi connectivity index (χ2n) is 8.82. The van der Waals surface area contributed by atoms with Gasteiger partial charge in [-0.2, -0.15) is 0 Å². The van der Waals surface area contributed by atoms with Gasteiger partial charge in [-0.05, 0) is 72.3 Å². The van der Waals surface area contributed by atoms with Gasteiger partial charge >= 0.3 is 0 Å². The number of fused-ring (bicyclic) bond motifs is 1. The van der Waals surface area contributed by atoms with Gasteiger partial charge in [0.1, 0.15) is 23.0 Å². The Balaban J connectivity index is 1.37. The molecular formula is C32H25N3O2. The maximum absolute atomic E-state index is 6.10. The van der Waals surface area contributed by atoms with Gasteiger partial charge in [-0.25, -0.2) is 0 Å². The average molecular weight is 484 g/mol. The van der Waals surface area contributed by atoms with Crippen molar-refractivity contribution in [2.75, 3.05) is 11.5 Å². The first-order chi connectivity index (χ1) is 18.1. The number of rotatable bonds is 6. The number of para-hydroxylation sites is 1. The van der Waals surface area contributed by atoms with E-state index in [-0.39, 0.29) is 0 Å². The summed E-state index contributed by atoms with van der Waals surface area (Å²) in [5, 5.41) is 1.15. The number of nitrogen functional groups attached to an aromatic ring is 2. The Morgan fingerprint density at radius 1 is 0.486 bits per heavy atom. The van der Waals surface area contributed by atoms with E-state index in [0.717, 1.165) is 50.5 Å². The summed E-state index contributed by atoms with van der Waals surface area (Å²) < 4.78 is 12.1. The highest BCUT2D eigenvalue weighted by molar-refractivity contribution is 6.03. The van der Waals surface area contributed by atoms with Gasteiger partial charge in [0.2, 0.25) is 0 Å². The molecule has 6 rings (SSSR count). The van der Waals surface area contributed by atoms with Crippen molar-refractivity contribution >= 4 is 22.3 Å². The third-order valence-electron chi connectivity index (χ3n) is 6.18. The molecule has 0 radical (unpaired) electrons. The Labute approximate surface area is 214 Å². The summed E-state index contributed by atoms with van der Waals surface area (Å²) in [6.45, 7) is 0. The van der Waals surface area contributed by atoms with Crippen LogP contribution in [0.4, 0.5) is 11.4 Å². The van der Waals surface area contributed by atoms with Crippen LogP contribution >= 0.6 is 0 Å². The number of aromatic nitrogens is 1. The van der Waals surface area contributed by atoms with Crippen LogP contribution in [0.3, 0.4) is 0 Å². The standard InChI is InChI=1S/C32H25N3O2/c33-23-13-17-26(18-14-23)36-27-7-3-5-22(19-27)32-31(29-9-1-2-10-30(29)35-32)21-11-15-25(16-12-21)37-28-8-4-6-24(34)20-28/h1-20,35H,33-34H2. The Bertz CT molecular complexity index is 1690. The van der Waals surface area contributed by atoms with E-state index < -0.39 is 0 Å². The molecule has 5 heteroatoms. The van der Waals surface area contributed by atoms with Crippen LogP contribution < -0.4 is 20.9 Å². The first-order valence-corrected chi connectivity index (χ1v) is 12.0. The molecule has 180 valence electrons. The number of H-pyrrole nitrogens is 1. The molecule has 0 bridgehead atoms. The van der Waals surface area contributed by atoms with Crippen molar-refractivity contribution in [2.24, 2.45) is 0 Å². The first kappa shape index (κ1) is 22.3. The van der Waals surface area contributed by atoms with Crippen molar-refractivity contribution in [3.05, 3.63) is 121 Å². The molecule has 0 saturated carbocycles. The molecule has 0 saturated heterocycles. The van der Waals surface area contributed by atoms with Gasteiger partial charge in [0, 0.05) is 39.5 Å². The van der Waals surface area contributed by atoms with Crippen LogP contribution in [-0.4, -0.2) is 4.98 Å². The molecule has 1 aromatic heterocycles. The molecule has 37 heavy (non-hydrogen) atoms. The first-order valence-electron chi connectivity index (χ1n) is 12.0. The van der Waals surface area contributed by atoms with E-state index in [1.807, 2.05) is 84.9 Å². The van der Waals surface area contributed by atoms with Gasteiger partial charge in [-0.3, -0.25) is 0 Å². The number of ether oxygens (including phenoxy) is 2.